The van der Waals surface area contributed by atoms with Gasteiger partial charge in [0.1, 0.15) is 0 Å². The van der Waals surface area contributed by atoms with E-state index in [2.05, 4.69) is 45.0 Å². The molecule has 0 N–H and O–H groups in total. The Hall–Kier alpha value is -3.34. The van der Waals surface area contributed by atoms with Crippen LogP contribution in [-0.2, 0) is 0 Å². The van der Waals surface area contributed by atoms with Crippen LogP contribution in [0.1, 0.15) is 42.3 Å². The van der Waals surface area contributed by atoms with E-state index in [0.717, 1.165) is 15.6 Å². The van der Waals surface area contributed by atoms with Crippen LogP contribution >= 0.6 is 22.7 Å². The fraction of sp³-hybridized carbons (Fsp3) is 0.103. The van der Waals surface area contributed by atoms with Crippen molar-refractivity contribution in [2.24, 2.45) is 0 Å². The molecule has 2 nitrogen and oxygen atoms in total. The molecule has 5 aromatic rings. The molecule has 0 amide bonds. The largest absolute Gasteiger partial charge is 0.288 e. The molecule has 1 aliphatic rings. The predicted molar refractivity (Wildman–Crippen MR) is 140 cm³/mol. The summed E-state index contributed by atoms with van der Waals surface area (Å²) in [5, 5.41) is 1.95. The summed E-state index contributed by atoms with van der Waals surface area (Å²) in [7, 11) is 0. The minimum Gasteiger partial charge on any atom is -0.288 e. The van der Waals surface area contributed by atoms with Crippen molar-refractivity contribution in [3.05, 3.63) is 98.9 Å². The number of hydrogen-bond acceptors (Lipinski definition) is 4. The van der Waals surface area contributed by atoms with Gasteiger partial charge in [0, 0.05) is 30.3 Å². The zero-order valence-electron chi connectivity index (χ0n) is 18.5. The van der Waals surface area contributed by atoms with Gasteiger partial charge in [-0.05, 0) is 78.6 Å². The number of fused-ring (bicyclic) bond motifs is 3. The number of ketones is 2. The highest BCUT2D eigenvalue weighted by Gasteiger charge is 2.33. The van der Waals surface area contributed by atoms with Crippen LogP contribution in [0.15, 0.2) is 66.2 Å². The first kappa shape index (κ1) is 20.3. The van der Waals surface area contributed by atoms with Crippen molar-refractivity contribution in [3.63, 3.8) is 0 Å². The second kappa shape index (κ2) is 7.34. The first-order valence-electron chi connectivity index (χ1n) is 10.8. The van der Waals surface area contributed by atoms with Gasteiger partial charge >= 0.3 is 0 Å². The van der Waals surface area contributed by atoms with Crippen LogP contribution in [0.5, 0.6) is 0 Å². The molecular formula is C29H20O2S2. The Balaban J connectivity index is 1.39. The molecule has 1 aliphatic carbocycles. The van der Waals surface area contributed by atoms with Crippen LogP contribution < -0.4 is 0 Å². The number of Topliss-reactive ketones (excluding diaryl/α,β-unsaturated/α-hetero) is 2. The maximum atomic E-state index is 13.1. The number of rotatable bonds is 2. The number of allylic oxidation sites excluding steroid dienone is 1. The van der Waals surface area contributed by atoms with E-state index in [9.17, 15) is 9.59 Å². The number of aryl methyl sites for hydroxylation is 3. The Morgan fingerprint density at radius 3 is 1.85 bits per heavy atom. The lowest BCUT2D eigenvalue weighted by Crippen LogP contribution is -1.99. The van der Waals surface area contributed by atoms with E-state index in [1.165, 1.54) is 36.5 Å². The SMILES string of the molecule is Cc1cc(C)c(-c2cc3sc(C=C4C(=O)c5cc6ccccc6cc5C4=O)cc3s2)c(C)c1. The van der Waals surface area contributed by atoms with Gasteiger partial charge in [-0.15, -0.1) is 22.7 Å². The molecule has 0 atom stereocenters. The van der Waals surface area contributed by atoms with E-state index in [1.807, 2.05) is 36.4 Å². The third kappa shape index (κ3) is 3.21. The number of carbonyl (C=O) groups is 2. The topological polar surface area (TPSA) is 34.1 Å². The normalized spacial score (nSPS) is 13.4. The van der Waals surface area contributed by atoms with Gasteiger partial charge in [-0.3, -0.25) is 9.59 Å². The molecule has 0 saturated heterocycles. The Morgan fingerprint density at radius 2 is 1.27 bits per heavy atom. The van der Waals surface area contributed by atoms with Crippen LogP contribution in [0.4, 0.5) is 0 Å². The summed E-state index contributed by atoms with van der Waals surface area (Å²) in [6.45, 7) is 6.46. The van der Waals surface area contributed by atoms with Gasteiger partial charge in [0.05, 0.1) is 5.57 Å². The van der Waals surface area contributed by atoms with Crippen LogP contribution in [0.3, 0.4) is 0 Å². The molecule has 0 unspecified atom stereocenters. The highest BCUT2D eigenvalue weighted by Crippen LogP contribution is 2.42. The van der Waals surface area contributed by atoms with E-state index in [0.29, 0.717) is 11.1 Å². The average Bonchev–Trinajstić information content (AvgIpc) is 3.39. The summed E-state index contributed by atoms with van der Waals surface area (Å²) in [5.74, 6) is -0.354. The second-order valence-electron chi connectivity index (χ2n) is 8.72. The lowest BCUT2D eigenvalue weighted by atomic mass is 9.99. The summed E-state index contributed by atoms with van der Waals surface area (Å²) in [6.07, 6.45) is 1.77. The van der Waals surface area contributed by atoms with Gasteiger partial charge in [-0.2, -0.15) is 0 Å². The average molecular weight is 465 g/mol. The predicted octanol–water partition coefficient (Wildman–Crippen LogP) is 8.17. The van der Waals surface area contributed by atoms with Crippen molar-refractivity contribution in [3.8, 4) is 10.4 Å². The van der Waals surface area contributed by atoms with E-state index in [1.54, 1.807) is 28.7 Å². The van der Waals surface area contributed by atoms with Gasteiger partial charge < -0.3 is 0 Å². The van der Waals surface area contributed by atoms with E-state index < -0.39 is 0 Å². The summed E-state index contributed by atoms with van der Waals surface area (Å²) >= 11 is 3.39. The molecule has 2 aromatic heterocycles. The molecule has 160 valence electrons. The van der Waals surface area contributed by atoms with Crippen LogP contribution in [-0.4, -0.2) is 11.6 Å². The molecule has 0 spiro atoms. The Morgan fingerprint density at radius 1 is 0.697 bits per heavy atom. The van der Waals surface area contributed by atoms with E-state index in [-0.39, 0.29) is 17.1 Å². The second-order valence-corrected chi connectivity index (χ2v) is 10.9. The van der Waals surface area contributed by atoms with Crippen molar-refractivity contribution in [2.45, 2.75) is 20.8 Å². The van der Waals surface area contributed by atoms with Crippen LogP contribution in [0, 0.1) is 20.8 Å². The highest BCUT2D eigenvalue weighted by atomic mass is 32.1. The molecule has 0 saturated carbocycles. The van der Waals surface area contributed by atoms with Gasteiger partial charge in [-0.25, -0.2) is 0 Å². The van der Waals surface area contributed by atoms with Crippen molar-refractivity contribution in [2.75, 3.05) is 0 Å². The van der Waals surface area contributed by atoms with Gasteiger partial charge in [0.25, 0.3) is 0 Å². The Labute approximate surface area is 199 Å². The zero-order chi connectivity index (χ0) is 22.9. The monoisotopic (exact) mass is 464 g/mol. The first-order chi connectivity index (χ1) is 15.9. The smallest absolute Gasteiger partial charge is 0.197 e. The van der Waals surface area contributed by atoms with Crippen molar-refractivity contribution >= 4 is 60.5 Å². The van der Waals surface area contributed by atoms with Gasteiger partial charge in [-0.1, -0.05) is 42.0 Å². The zero-order valence-corrected chi connectivity index (χ0v) is 20.1. The molecule has 0 aliphatic heterocycles. The van der Waals surface area contributed by atoms with Crippen LogP contribution in [0.2, 0.25) is 0 Å². The number of hydrogen-bond donors (Lipinski definition) is 0. The Kier molecular flexibility index (Phi) is 4.51. The molecule has 3 aromatic carbocycles. The maximum absolute atomic E-state index is 13.1. The summed E-state index contributed by atoms with van der Waals surface area (Å²) in [5.41, 5.74) is 6.44. The lowest BCUT2D eigenvalue weighted by Gasteiger charge is -2.09. The van der Waals surface area contributed by atoms with Crippen molar-refractivity contribution in [1.29, 1.82) is 0 Å². The van der Waals surface area contributed by atoms with Crippen LogP contribution in [0.25, 0.3) is 36.7 Å². The van der Waals surface area contributed by atoms with E-state index >= 15 is 0 Å². The molecular weight excluding hydrogens is 444 g/mol. The molecule has 33 heavy (non-hydrogen) atoms. The lowest BCUT2D eigenvalue weighted by molar-refractivity contribution is 0.0990. The van der Waals surface area contributed by atoms with Crippen molar-refractivity contribution in [1.82, 2.24) is 0 Å². The van der Waals surface area contributed by atoms with Gasteiger partial charge in [0.15, 0.2) is 11.6 Å². The fourth-order valence-electron chi connectivity index (χ4n) is 4.90. The maximum Gasteiger partial charge on any atom is 0.197 e. The summed E-state index contributed by atoms with van der Waals surface area (Å²) in [6, 6.07) is 20.3. The number of thiophene rings is 2. The molecule has 0 fully saturated rings. The molecule has 4 heteroatoms. The number of benzene rings is 3. The summed E-state index contributed by atoms with van der Waals surface area (Å²) in [4.78, 5) is 28.3. The molecule has 0 bridgehead atoms. The fourth-order valence-corrected chi connectivity index (χ4v) is 7.43. The minimum atomic E-state index is -0.177. The quantitative estimate of drug-likeness (QED) is 0.195. The van der Waals surface area contributed by atoms with Crippen molar-refractivity contribution < 1.29 is 9.59 Å². The summed E-state index contributed by atoms with van der Waals surface area (Å²) < 4.78 is 2.37. The number of carbonyl (C=O) groups excluding carboxylic acids is 2. The third-order valence-corrected chi connectivity index (χ3v) is 8.56. The highest BCUT2D eigenvalue weighted by molar-refractivity contribution is 7.29. The standard InChI is InChI=1S/C29H20O2S2/c1-15-8-16(2)27(17(3)9-15)26-14-25-24(33-26)13-20(32-25)12-23-28(30)21-10-18-6-4-5-7-19(18)11-22(21)29(23)31/h4-14H,1-3H3. The van der Waals surface area contributed by atoms with Gasteiger partial charge in [0.2, 0.25) is 0 Å². The molecule has 2 heterocycles. The van der Waals surface area contributed by atoms with E-state index in [4.69, 9.17) is 0 Å². The molecule has 6 rings (SSSR count). The molecule has 0 radical (unpaired) electrons. The third-order valence-electron chi connectivity index (χ3n) is 6.30. The first-order valence-corrected chi connectivity index (χ1v) is 12.5. The Bertz CT molecular complexity index is 1570. The minimum absolute atomic E-state index is 0.177.